The van der Waals surface area contributed by atoms with Gasteiger partial charge in [0, 0.05) is 26.6 Å². The Morgan fingerprint density at radius 3 is 2.67 bits per heavy atom. The van der Waals surface area contributed by atoms with Crippen molar-refractivity contribution in [1.29, 1.82) is 0 Å². The minimum Gasteiger partial charge on any atom is -0.373 e. The molecule has 0 saturated carbocycles. The van der Waals surface area contributed by atoms with Crippen molar-refractivity contribution in [3.63, 3.8) is 0 Å². The number of aryl methyl sites for hydroxylation is 2. The molecule has 96 valence electrons. The largest absolute Gasteiger partial charge is 0.373 e. The monoisotopic (exact) mass is 247 g/mol. The van der Waals surface area contributed by atoms with E-state index in [9.17, 15) is 0 Å². The predicted octanol–water partition coefficient (Wildman–Crippen LogP) is 0.821. The lowest BCUT2D eigenvalue weighted by Crippen LogP contribution is -2.09. The summed E-state index contributed by atoms with van der Waals surface area (Å²) < 4.78 is 1.87. The molecule has 0 aliphatic heterocycles. The van der Waals surface area contributed by atoms with E-state index < -0.39 is 0 Å². The summed E-state index contributed by atoms with van der Waals surface area (Å²) in [5.41, 5.74) is 0. The van der Waals surface area contributed by atoms with Crippen LogP contribution in [0.5, 0.6) is 0 Å². The lowest BCUT2D eigenvalue weighted by molar-refractivity contribution is 0.808. The van der Waals surface area contributed by atoms with Crippen molar-refractivity contribution in [2.24, 2.45) is 7.05 Å². The Bertz CT molecular complexity index is 498. The summed E-state index contributed by atoms with van der Waals surface area (Å²) in [5.74, 6) is 3.26. The SMILES string of the molecule is CCc1nc(NC)cc(NCc2nncn2C)n1. The summed E-state index contributed by atoms with van der Waals surface area (Å²) in [6, 6.07) is 1.87. The molecular formula is C11H17N7. The summed E-state index contributed by atoms with van der Waals surface area (Å²) >= 11 is 0. The first-order valence-electron chi connectivity index (χ1n) is 5.85. The third-order valence-corrected chi connectivity index (χ3v) is 2.58. The third kappa shape index (κ3) is 2.73. The fraction of sp³-hybridized carbons (Fsp3) is 0.455. The van der Waals surface area contributed by atoms with Crippen molar-refractivity contribution in [1.82, 2.24) is 24.7 Å². The normalized spacial score (nSPS) is 10.4. The number of hydrogen-bond donors (Lipinski definition) is 2. The highest BCUT2D eigenvalue weighted by atomic mass is 15.3. The molecule has 0 amide bonds. The molecule has 2 heterocycles. The molecule has 0 spiro atoms. The van der Waals surface area contributed by atoms with Gasteiger partial charge >= 0.3 is 0 Å². The number of nitrogens with one attached hydrogen (secondary N) is 2. The summed E-state index contributed by atoms with van der Waals surface area (Å²) in [6.07, 6.45) is 2.47. The van der Waals surface area contributed by atoms with Crippen LogP contribution in [0.15, 0.2) is 12.4 Å². The molecule has 2 rings (SSSR count). The average Bonchev–Trinajstić information content (AvgIpc) is 2.81. The van der Waals surface area contributed by atoms with Crippen LogP contribution >= 0.6 is 0 Å². The van der Waals surface area contributed by atoms with Crippen molar-refractivity contribution in [3.8, 4) is 0 Å². The summed E-state index contributed by atoms with van der Waals surface area (Å²) in [6.45, 7) is 2.61. The highest BCUT2D eigenvalue weighted by molar-refractivity contribution is 5.47. The second kappa shape index (κ2) is 5.44. The van der Waals surface area contributed by atoms with Crippen molar-refractivity contribution >= 4 is 11.6 Å². The molecule has 18 heavy (non-hydrogen) atoms. The van der Waals surface area contributed by atoms with E-state index in [0.29, 0.717) is 6.54 Å². The number of anilines is 2. The third-order valence-electron chi connectivity index (χ3n) is 2.58. The Morgan fingerprint density at radius 2 is 2.06 bits per heavy atom. The first kappa shape index (κ1) is 12.3. The van der Waals surface area contributed by atoms with Crippen molar-refractivity contribution in [2.75, 3.05) is 17.7 Å². The molecule has 7 nitrogen and oxygen atoms in total. The van der Waals surface area contributed by atoms with Gasteiger partial charge < -0.3 is 15.2 Å². The van der Waals surface area contributed by atoms with E-state index in [1.165, 1.54) is 0 Å². The standard InChI is InChI=1S/C11H17N7/c1-4-8-15-9(12-2)5-10(16-8)13-6-11-17-14-7-18(11)3/h5,7H,4,6H2,1-3H3,(H2,12,13,15,16). The molecular weight excluding hydrogens is 230 g/mol. The molecule has 0 aliphatic carbocycles. The van der Waals surface area contributed by atoms with E-state index in [-0.39, 0.29) is 0 Å². The van der Waals surface area contributed by atoms with Gasteiger partial charge in [-0.3, -0.25) is 0 Å². The molecule has 0 bridgehead atoms. The molecule has 0 unspecified atom stereocenters. The van der Waals surface area contributed by atoms with E-state index in [1.807, 2.05) is 31.7 Å². The first-order valence-corrected chi connectivity index (χ1v) is 5.85. The minimum absolute atomic E-state index is 0.583. The summed E-state index contributed by atoms with van der Waals surface area (Å²) in [5, 5.41) is 14.1. The van der Waals surface area contributed by atoms with Crippen LogP contribution in [0.2, 0.25) is 0 Å². The van der Waals surface area contributed by atoms with E-state index in [0.717, 1.165) is 29.7 Å². The van der Waals surface area contributed by atoms with E-state index >= 15 is 0 Å². The zero-order valence-electron chi connectivity index (χ0n) is 10.8. The fourth-order valence-corrected chi connectivity index (χ4v) is 1.51. The Hall–Kier alpha value is -2.18. The van der Waals surface area contributed by atoms with E-state index in [2.05, 4.69) is 30.8 Å². The number of hydrogen-bond acceptors (Lipinski definition) is 6. The zero-order valence-corrected chi connectivity index (χ0v) is 10.8. The summed E-state index contributed by atoms with van der Waals surface area (Å²) in [4.78, 5) is 8.75. The van der Waals surface area contributed by atoms with Crippen LogP contribution in [-0.4, -0.2) is 31.8 Å². The molecule has 0 radical (unpaired) electrons. The molecule has 0 saturated heterocycles. The topological polar surface area (TPSA) is 80.5 Å². The maximum Gasteiger partial charge on any atom is 0.151 e. The molecule has 0 fully saturated rings. The Morgan fingerprint density at radius 1 is 1.28 bits per heavy atom. The molecule has 0 aliphatic rings. The lowest BCUT2D eigenvalue weighted by atomic mass is 10.4. The van der Waals surface area contributed by atoms with Crippen molar-refractivity contribution in [3.05, 3.63) is 24.0 Å². The minimum atomic E-state index is 0.583. The second-order valence-corrected chi connectivity index (χ2v) is 3.87. The van der Waals surface area contributed by atoms with Gasteiger partial charge in [-0.1, -0.05) is 6.92 Å². The van der Waals surface area contributed by atoms with E-state index in [1.54, 1.807) is 6.33 Å². The molecule has 7 heteroatoms. The fourth-order valence-electron chi connectivity index (χ4n) is 1.51. The van der Waals surface area contributed by atoms with Crippen LogP contribution < -0.4 is 10.6 Å². The molecule has 2 N–H and O–H groups in total. The van der Waals surface area contributed by atoms with Crippen LogP contribution in [0.1, 0.15) is 18.6 Å². The van der Waals surface area contributed by atoms with Gasteiger partial charge in [0.2, 0.25) is 0 Å². The molecule has 2 aromatic heterocycles. The first-order chi connectivity index (χ1) is 8.72. The van der Waals surface area contributed by atoms with E-state index in [4.69, 9.17) is 0 Å². The van der Waals surface area contributed by atoms with Crippen LogP contribution in [0.3, 0.4) is 0 Å². The lowest BCUT2D eigenvalue weighted by Gasteiger charge is -2.08. The maximum atomic E-state index is 4.41. The van der Waals surface area contributed by atoms with Crippen LogP contribution in [0.25, 0.3) is 0 Å². The van der Waals surface area contributed by atoms with Gasteiger partial charge in [0.05, 0.1) is 6.54 Å². The highest BCUT2D eigenvalue weighted by Gasteiger charge is 2.04. The average molecular weight is 247 g/mol. The summed E-state index contributed by atoms with van der Waals surface area (Å²) in [7, 11) is 3.75. The smallest absolute Gasteiger partial charge is 0.151 e. The van der Waals surface area contributed by atoms with Gasteiger partial charge in [-0.15, -0.1) is 10.2 Å². The van der Waals surface area contributed by atoms with Crippen molar-refractivity contribution in [2.45, 2.75) is 19.9 Å². The quantitative estimate of drug-likeness (QED) is 0.814. The van der Waals surface area contributed by atoms with Gasteiger partial charge in [0.1, 0.15) is 23.8 Å². The maximum absolute atomic E-state index is 4.41. The van der Waals surface area contributed by atoms with Crippen molar-refractivity contribution < 1.29 is 0 Å². The number of nitrogens with zero attached hydrogens (tertiary/aromatic N) is 5. The highest BCUT2D eigenvalue weighted by Crippen LogP contribution is 2.11. The van der Waals surface area contributed by atoms with Gasteiger partial charge in [-0.25, -0.2) is 9.97 Å². The predicted molar refractivity (Wildman–Crippen MR) is 69.3 cm³/mol. The van der Waals surface area contributed by atoms with Crippen LogP contribution in [-0.2, 0) is 20.0 Å². The Kier molecular flexibility index (Phi) is 3.71. The Balaban J connectivity index is 2.11. The van der Waals surface area contributed by atoms with Gasteiger partial charge in [-0.05, 0) is 0 Å². The zero-order chi connectivity index (χ0) is 13.0. The molecule has 0 aromatic carbocycles. The number of aromatic nitrogens is 5. The number of rotatable bonds is 5. The molecule has 2 aromatic rings. The van der Waals surface area contributed by atoms with Crippen LogP contribution in [0, 0.1) is 0 Å². The van der Waals surface area contributed by atoms with Crippen LogP contribution in [0.4, 0.5) is 11.6 Å². The molecule has 0 atom stereocenters. The Labute approximate surface area is 106 Å². The van der Waals surface area contributed by atoms with Gasteiger partial charge in [-0.2, -0.15) is 0 Å². The van der Waals surface area contributed by atoms with Gasteiger partial charge in [0.25, 0.3) is 0 Å². The second-order valence-electron chi connectivity index (χ2n) is 3.87. The van der Waals surface area contributed by atoms with Gasteiger partial charge in [0.15, 0.2) is 5.82 Å².